The van der Waals surface area contributed by atoms with Crippen molar-refractivity contribution < 1.29 is 9.18 Å². The Bertz CT molecular complexity index is 629. The second-order valence-electron chi connectivity index (χ2n) is 4.79. The quantitative estimate of drug-likeness (QED) is 0.602. The molecular weight excluding hydrogens is 321 g/mol. The molecule has 2 rings (SSSR count). The number of rotatable bonds is 7. The second-order valence-corrected chi connectivity index (χ2v) is 6.99. The Labute approximate surface area is 137 Å². The van der Waals surface area contributed by atoms with Crippen molar-refractivity contribution in [3.8, 4) is 0 Å². The number of carbonyl (C=O) groups excluding carboxylic acids is 1. The number of anilines is 1. The molecule has 4 nitrogen and oxygen atoms in total. The molecule has 7 heteroatoms. The molecule has 0 aliphatic carbocycles. The van der Waals surface area contributed by atoms with Crippen LogP contribution in [-0.2, 0) is 10.5 Å². The van der Waals surface area contributed by atoms with E-state index in [1.165, 1.54) is 35.2 Å². The predicted octanol–water partition coefficient (Wildman–Crippen LogP) is 4.34. The summed E-state index contributed by atoms with van der Waals surface area (Å²) in [5.41, 5.74) is 0.891. The van der Waals surface area contributed by atoms with E-state index >= 15 is 0 Å². The van der Waals surface area contributed by atoms with Gasteiger partial charge in [0.1, 0.15) is 5.82 Å². The van der Waals surface area contributed by atoms with Crippen molar-refractivity contribution in [2.75, 3.05) is 5.32 Å². The summed E-state index contributed by atoms with van der Waals surface area (Å²) in [7, 11) is 0. The number of carbonyl (C=O) groups is 1. The third kappa shape index (κ3) is 4.78. The smallest absolute Gasteiger partial charge is 0.229 e. The highest BCUT2D eigenvalue weighted by atomic mass is 32.2. The van der Waals surface area contributed by atoms with Crippen LogP contribution in [0.15, 0.2) is 28.6 Å². The topological polar surface area (TPSA) is 54.9 Å². The van der Waals surface area contributed by atoms with Crippen LogP contribution in [0.5, 0.6) is 0 Å². The van der Waals surface area contributed by atoms with E-state index in [0.717, 1.165) is 22.7 Å². The van der Waals surface area contributed by atoms with Gasteiger partial charge >= 0.3 is 0 Å². The number of aromatic nitrogens is 2. The number of nitrogens with zero attached hydrogens (tertiary/aromatic N) is 2. The van der Waals surface area contributed by atoms with Gasteiger partial charge in [-0.05, 0) is 30.5 Å². The summed E-state index contributed by atoms with van der Waals surface area (Å²) in [6.45, 7) is 3.99. The average Bonchev–Trinajstić information content (AvgIpc) is 2.94. The summed E-state index contributed by atoms with van der Waals surface area (Å²) in [6.07, 6.45) is 1.62. The average molecular weight is 339 g/mol. The first-order chi connectivity index (χ1) is 10.6. The van der Waals surface area contributed by atoms with E-state index in [1.54, 1.807) is 6.07 Å². The Hall–Kier alpha value is -1.47. The third-order valence-corrected chi connectivity index (χ3v) is 5.29. The molecule has 0 bridgehead atoms. The molecule has 1 N–H and O–H groups in total. The summed E-state index contributed by atoms with van der Waals surface area (Å²) >= 11 is 2.82. The molecule has 0 saturated heterocycles. The first-order valence-electron chi connectivity index (χ1n) is 7.14. The van der Waals surface area contributed by atoms with Crippen LogP contribution in [0.1, 0.15) is 32.3 Å². The van der Waals surface area contributed by atoms with Gasteiger partial charge in [-0.15, -0.1) is 10.2 Å². The molecule has 118 valence electrons. The molecule has 0 aliphatic rings. The number of thioether (sulfide) groups is 1. The zero-order valence-electron chi connectivity index (χ0n) is 12.5. The van der Waals surface area contributed by atoms with E-state index < -0.39 is 0 Å². The molecule has 1 aromatic carbocycles. The summed E-state index contributed by atoms with van der Waals surface area (Å²) < 4.78 is 13.9. The first-order valence-corrected chi connectivity index (χ1v) is 8.94. The summed E-state index contributed by atoms with van der Waals surface area (Å²) in [4.78, 5) is 12.0. The van der Waals surface area contributed by atoms with Gasteiger partial charge in [0.2, 0.25) is 11.0 Å². The van der Waals surface area contributed by atoms with E-state index in [0.29, 0.717) is 10.9 Å². The normalized spacial score (nSPS) is 10.9. The van der Waals surface area contributed by atoms with Gasteiger partial charge in [-0.2, -0.15) is 0 Å². The highest BCUT2D eigenvalue weighted by molar-refractivity contribution is 8.00. The van der Waals surface area contributed by atoms with Crippen molar-refractivity contribution in [2.24, 2.45) is 5.92 Å². The molecule has 1 heterocycles. The minimum absolute atomic E-state index is 0.00676. The maximum Gasteiger partial charge on any atom is 0.229 e. The Morgan fingerprint density at radius 3 is 2.82 bits per heavy atom. The Morgan fingerprint density at radius 1 is 1.36 bits per heavy atom. The largest absolute Gasteiger partial charge is 0.300 e. The fourth-order valence-corrected chi connectivity index (χ4v) is 3.66. The lowest BCUT2D eigenvalue weighted by Crippen LogP contribution is -2.21. The van der Waals surface area contributed by atoms with Gasteiger partial charge < -0.3 is 5.32 Å². The number of halogens is 1. The number of benzene rings is 1. The molecule has 0 saturated carbocycles. The second kappa shape index (κ2) is 8.24. The van der Waals surface area contributed by atoms with Crippen LogP contribution in [0.25, 0.3) is 0 Å². The lowest BCUT2D eigenvalue weighted by atomic mass is 10.0. The van der Waals surface area contributed by atoms with Crippen LogP contribution in [-0.4, -0.2) is 16.1 Å². The van der Waals surface area contributed by atoms with E-state index in [2.05, 4.69) is 15.5 Å². The van der Waals surface area contributed by atoms with Gasteiger partial charge in [0.25, 0.3) is 0 Å². The molecule has 0 unspecified atom stereocenters. The first kappa shape index (κ1) is 16.9. The molecule has 0 fully saturated rings. The van der Waals surface area contributed by atoms with Crippen molar-refractivity contribution >= 4 is 34.1 Å². The molecule has 1 aromatic heterocycles. The van der Waals surface area contributed by atoms with Gasteiger partial charge in [0.05, 0.1) is 0 Å². The SMILES string of the molecule is CCC(CC)C(=O)Nc1nnc(SCc2cccc(F)c2)s1. The zero-order chi connectivity index (χ0) is 15.9. The van der Waals surface area contributed by atoms with E-state index in [4.69, 9.17) is 0 Å². The van der Waals surface area contributed by atoms with Crippen LogP contribution in [0, 0.1) is 11.7 Å². The maximum atomic E-state index is 13.1. The molecule has 1 amide bonds. The van der Waals surface area contributed by atoms with Crippen LogP contribution in [0.3, 0.4) is 0 Å². The van der Waals surface area contributed by atoms with E-state index in [9.17, 15) is 9.18 Å². The van der Waals surface area contributed by atoms with Crippen molar-refractivity contribution in [2.45, 2.75) is 36.8 Å². The number of hydrogen-bond donors (Lipinski definition) is 1. The van der Waals surface area contributed by atoms with Crippen LogP contribution in [0.4, 0.5) is 9.52 Å². The maximum absolute atomic E-state index is 13.1. The minimum Gasteiger partial charge on any atom is -0.300 e. The molecular formula is C15H18FN3OS2. The highest BCUT2D eigenvalue weighted by Gasteiger charge is 2.16. The van der Waals surface area contributed by atoms with Crippen molar-refractivity contribution in [1.29, 1.82) is 0 Å². The molecule has 0 atom stereocenters. The number of nitrogens with one attached hydrogen (secondary N) is 1. The Morgan fingerprint density at radius 2 is 2.14 bits per heavy atom. The highest BCUT2D eigenvalue weighted by Crippen LogP contribution is 2.28. The standard InChI is InChI=1S/C15H18FN3OS2/c1-3-11(4-2)13(20)17-14-18-19-15(22-14)21-9-10-6-5-7-12(16)8-10/h5-8,11H,3-4,9H2,1-2H3,(H,17,18,20). The van der Waals surface area contributed by atoms with Crippen molar-refractivity contribution in [1.82, 2.24) is 10.2 Å². The van der Waals surface area contributed by atoms with Crippen molar-refractivity contribution in [3.05, 3.63) is 35.6 Å². The monoisotopic (exact) mass is 339 g/mol. The van der Waals surface area contributed by atoms with Crippen LogP contribution < -0.4 is 5.32 Å². The lowest BCUT2D eigenvalue weighted by Gasteiger charge is -2.09. The molecule has 0 spiro atoms. The minimum atomic E-state index is -0.242. The molecule has 0 aliphatic heterocycles. The molecule has 2 aromatic rings. The Kier molecular flexibility index (Phi) is 6.33. The Balaban J connectivity index is 1.90. The van der Waals surface area contributed by atoms with E-state index in [1.807, 2.05) is 19.9 Å². The van der Waals surface area contributed by atoms with E-state index in [-0.39, 0.29) is 17.6 Å². The predicted molar refractivity (Wildman–Crippen MR) is 88.6 cm³/mol. The van der Waals surface area contributed by atoms with Gasteiger partial charge in [-0.3, -0.25) is 4.79 Å². The zero-order valence-corrected chi connectivity index (χ0v) is 14.1. The van der Waals surface area contributed by atoms with Gasteiger partial charge in [0, 0.05) is 11.7 Å². The van der Waals surface area contributed by atoms with Crippen LogP contribution >= 0.6 is 23.1 Å². The molecule has 0 radical (unpaired) electrons. The van der Waals surface area contributed by atoms with Crippen LogP contribution in [0.2, 0.25) is 0 Å². The fourth-order valence-electron chi connectivity index (χ4n) is 1.96. The van der Waals surface area contributed by atoms with Gasteiger partial charge in [-0.1, -0.05) is 49.1 Å². The third-order valence-electron chi connectivity index (χ3n) is 3.24. The van der Waals surface area contributed by atoms with Gasteiger partial charge in [0.15, 0.2) is 4.34 Å². The number of hydrogen-bond acceptors (Lipinski definition) is 5. The number of amides is 1. The van der Waals surface area contributed by atoms with Crippen molar-refractivity contribution in [3.63, 3.8) is 0 Å². The summed E-state index contributed by atoms with van der Waals surface area (Å²) in [6, 6.07) is 6.48. The van der Waals surface area contributed by atoms with Gasteiger partial charge in [-0.25, -0.2) is 4.39 Å². The summed E-state index contributed by atoms with van der Waals surface area (Å²) in [5, 5.41) is 11.3. The lowest BCUT2D eigenvalue weighted by molar-refractivity contribution is -0.120. The fraction of sp³-hybridized carbons (Fsp3) is 0.400. The molecule has 22 heavy (non-hydrogen) atoms. The summed E-state index contributed by atoms with van der Waals surface area (Å²) in [5.74, 6) is 0.371.